The molecule has 0 N–H and O–H groups in total. The van der Waals surface area contributed by atoms with Crippen LogP contribution >= 0.6 is 0 Å². The Kier molecular flexibility index (Phi) is 9.17. The van der Waals surface area contributed by atoms with Crippen LogP contribution in [0.1, 0.15) is 46.0 Å². The zero-order valence-corrected chi connectivity index (χ0v) is 12.5. The molecule has 0 aromatic heterocycles. The molecule has 1 rings (SSSR count). The van der Waals surface area contributed by atoms with Crippen LogP contribution in [-0.2, 0) is 0 Å². The van der Waals surface area contributed by atoms with E-state index in [-0.39, 0.29) is 0 Å². The average Bonchev–Trinajstić information content (AvgIpc) is 2.46. The minimum atomic E-state index is 0.804. The standard InChI is InChI=1S/C17H28NO/c1-3-5-13-18(14-6-4-2)15-10-16-19-17-11-8-7-9-12-17/h8-9,11-12H,3-6,10,13-16H2,1-2H3. The fraction of sp³-hybridized carbons (Fsp3) is 0.647. The second-order valence-electron chi connectivity index (χ2n) is 4.99. The van der Waals surface area contributed by atoms with Gasteiger partial charge in [0.2, 0.25) is 0 Å². The molecule has 2 nitrogen and oxygen atoms in total. The first-order chi connectivity index (χ1) is 9.36. The van der Waals surface area contributed by atoms with Crippen molar-refractivity contribution in [1.29, 1.82) is 0 Å². The molecule has 107 valence electrons. The van der Waals surface area contributed by atoms with Crippen LogP contribution in [0.3, 0.4) is 0 Å². The lowest BCUT2D eigenvalue weighted by atomic mass is 10.2. The quantitative estimate of drug-likeness (QED) is 0.555. The zero-order chi connectivity index (χ0) is 13.8. The summed E-state index contributed by atoms with van der Waals surface area (Å²) in [4.78, 5) is 2.58. The number of ether oxygens (including phenoxy) is 1. The molecule has 0 aliphatic carbocycles. The van der Waals surface area contributed by atoms with E-state index in [0.717, 1.165) is 25.3 Å². The summed E-state index contributed by atoms with van der Waals surface area (Å²) in [5, 5.41) is 0. The Morgan fingerprint density at radius 3 is 2.11 bits per heavy atom. The van der Waals surface area contributed by atoms with Gasteiger partial charge in [0.05, 0.1) is 6.61 Å². The van der Waals surface area contributed by atoms with E-state index < -0.39 is 0 Å². The van der Waals surface area contributed by atoms with Crippen LogP contribution in [0.4, 0.5) is 0 Å². The molecule has 0 saturated heterocycles. The van der Waals surface area contributed by atoms with Crippen molar-refractivity contribution in [2.45, 2.75) is 46.0 Å². The van der Waals surface area contributed by atoms with Crippen molar-refractivity contribution in [1.82, 2.24) is 4.90 Å². The second-order valence-corrected chi connectivity index (χ2v) is 4.99. The van der Waals surface area contributed by atoms with E-state index in [1.807, 2.05) is 24.3 Å². The molecule has 0 aliphatic heterocycles. The summed E-state index contributed by atoms with van der Waals surface area (Å²) in [5.74, 6) is 0.951. The first-order valence-corrected chi connectivity index (χ1v) is 7.68. The molecule has 0 saturated carbocycles. The molecule has 0 bridgehead atoms. The number of hydrogen-bond acceptors (Lipinski definition) is 2. The molecule has 0 amide bonds. The van der Waals surface area contributed by atoms with Crippen molar-refractivity contribution in [3.05, 3.63) is 30.3 Å². The molecular formula is C17H28NO. The highest BCUT2D eigenvalue weighted by molar-refractivity contribution is 5.20. The fourth-order valence-electron chi connectivity index (χ4n) is 2.04. The van der Waals surface area contributed by atoms with E-state index in [1.165, 1.54) is 38.8 Å². The maximum Gasteiger partial charge on any atom is 0.119 e. The van der Waals surface area contributed by atoms with Gasteiger partial charge in [-0.2, -0.15) is 0 Å². The summed E-state index contributed by atoms with van der Waals surface area (Å²) >= 11 is 0. The van der Waals surface area contributed by atoms with Crippen LogP contribution < -0.4 is 4.74 Å². The number of benzene rings is 1. The van der Waals surface area contributed by atoms with E-state index in [9.17, 15) is 0 Å². The van der Waals surface area contributed by atoms with Gasteiger partial charge in [-0.05, 0) is 50.6 Å². The molecule has 0 fully saturated rings. The number of rotatable bonds is 11. The van der Waals surface area contributed by atoms with Gasteiger partial charge in [-0.3, -0.25) is 0 Å². The van der Waals surface area contributed by atoms with Crippen LogP contribution in [0.15, 0.2) is 24.3 Å². The Morgan fingerprint density at radius 2 is 1.53 bits per heavy atom. The average molecular weight is 262 g/mol. The van der Waals surface area contributed by atoms with Gasteiger partial charge in [0.25, 0.3) is 0 Å². The first-order valence-electron chi connectivity index (χ1n) is 7.68. The van der Waals surface area contributed by atoms with Gasteiger partial charge in [-0.25, -0.2) is 0 Å². The van der Waals surface area contributed by atoms with Crippen LogP contribution in [0, 0.1) is 6.07 Å². The van der Waals surface area contributed by atoms with Gasteiger partial charge in [0.15, 0.2) is 0 Å². The van der Waals surface area contributed by atoms with Crippen molar-refractivity contribution < 1.29 is 4.74 Å². The maximum atomic E-state index is 5.72. The van der Waals surface area contributed by atoms with Gasteiger partial charge < -0.3 is 9.64 Å². The topological polar surface area (TPSA) is 12.5 Å². The SMILES string of the molecule is CCCCN(CCCC)CCCOc1cc[c]cc1. The molecule has 0 unspecified atom stereocenters. The van der Waals surface area contributed by atoms with Gasteiger partial charge in [0.1, 0.15) is 5.75 Å². The molecule has 0 heterocycles. The molecule has 1 aromatic rings. The lowest BCUT2D eigenvalue weighted by Gasteiger charge is -2.21. The smallest absolute Gasteiger partial charge is 0.119 e. The largest absolute Gasteiger partial charge is 0.494 e. The Bertz CT molecular complexity index is 291. The lowest BCUT2D eigenvalue weighted by Crippen LogP contribution is -2.28. The second kappa shape index (κ2) is 10.9. The summed E-state index contributed by atoms with van der Waals surface area (Å²) < 4.78 is 5.72. The third-order valence-electron chi connectivity index (χ3n) is 3.23. The van der Waals surface area contributed by atoms with Gasteiger partial charge in [-0.1, -0.05) is 38.8 Å². The van der Waals surface area contributed by atoms with Gasteiger partial charge in [-0.15, -0.1) is 0 Å². The first kappa shape index (κ1) is 16.0. The van der Waals surface area contributed by atoms with Crippen LogP contribution in [0.5, 0.6) is 5.75 Å². The van der Waals surface area contributed by atoms with E-state index in [1.54, 1.807) is 0 Å². The van der Waals surface area contributed by atoms with Crippen molar-refractivity contribution in [2.75, 3.05) is 26.2 Å². The number of nitrogens with zero attached hydrogens (tertiary/aromatic N) is 1. The summed E-state index contributed by atoms with van der Waals surface area (Å²) in [7, 11) is 0. The predicted molar refractivity (Wildman–Crippen MR) is 81.6 cm³/mol. The van der Waals surface area contributed by atoms with Crippen LogP contribution in [0.25, 0.3) is 0 Å². The minimum absolute atomic E-state index is 0.804. The third-order valence-corrected chi connectivity index (χ3v) is 3.23. The molecule has 1 radical (unpaired) electrons. The maximum absolute atomic E-state index is 5.72. The van der Waals surface area contributed by atoms with E-state index in [4.69, 9.17) is 4.74 Å². The molecule has 0 spiro atoms. The van der Waals surface area contributed by atoms with Crippen LogP contribution in [-0.4, -0.2) is 31.1 Å². The molecular weight excluding hydrogens is 234 g/mol. The normalized spacial score (nSPS) is 10.9. The molecule has 19 heavy (non-hydrogen) atoms. The summed E-state index contributed by atoms with van der Waals surface area (Å²) in [6.45, 7) is 8.94. The fourth-order valence-corrected chi connectivity index (χ4v) is 2.04. The Balaban J connectivity index is 2.16. The van der Waals surface area contributed by atoms with Crippen molar-refractivity contribution in [3.63, 3.8) is 0 Å². The van der Waals surface area contributed by atoms with Crippen molar-refractivity contribution in [3.8, 4) is 5.75 Å². The Hall–Kier alpha value is -1.02. The van der Waals surface area contributed by atoms with E-state index in [0.29, 0.717) is 0 Å². The van der Waals surface area contributed by atoms with E-state index in [2.05, 4.69) is 24.8 Å². The van der Waals surface area contributed by atoms with Crippen molar-refractivity contribution in [2.24, 2.45) is 0 Å². The molecule has 0 aliphatic rings. The van der Waals surface area contributed by atoms with Crippen LogP contribution in [0.2, 0.25) is 0 Å². The Morgan fingerprint density at radius 1 is 0.947 bits per heavy atom. The van der Waals surface area contributed by atoms with Gasteiger partial charge >= 0.3 is 0 Å². The third kappa shape index (κ3) is 7.89. The summed E-state index contributed by atoms with van der Waals surface area (Å²) in [6, 6.07) is 10.7. The highest BCUT2D eigenvalue weighted by atomic mass is 16.5. The predicted octanol–water partition coefficient (Wildman–Crippen LogP) is 4.16. The zero-order valence-electron chi connectivity index (χ0n) is 12.5. The van der Waals surface area contributed by atoms with Crippen molar-refractivity contribution >= 4 is 0 Å². The highest BCUT2D eigenvalue weighted by Gasteiger charge is 2.03. The van der Waals surface area contributed by atoms with Gasteiger partial charge in [0, 0.05) is 6.54 Å². The highest BCUT2D eigenvalue weighted by Crippen LogP contribution is 2.08. The molecule has 2 heteroatoms. The molecule has 0 atom stereocenters. The summed E-state index contributed by atoms with van der Waals surface area (Å²) in [6.07, 6.45) is 6.27. The number of hydrogen-bond donors (Lipinski definition) is 0. The monoisotopic (exact) mass is 262 g/mol. The minimum Gasteiger partial charge on any atom is -0.494 e. The van der Waals surface area contributed by atoms with E-state index >= 15 is 0 Å². The Labute approximate surface area is 118 Å². The number of unbranched alkanes of at least 4 members (excludes halogenated alkanes) is 2. The lowest BCUT2D eigenvalue weighted by molar-refractivity contribution is 0.229. The summed E-state index contributed by atoms with van der Waals surface area (Å²) in [5.41, 5.74) is 0. The molecule has 1 aromatic carbocycles.